The van der Waals surface area contributed by atoms with Crippen molar-refractivity contribution in [1.29, 1.82) is 0 Å². The summed E-state index contributed by atoms with van der Waals surface area (Å²) < 4.78 is 26.2. The molecule has 0 aliphatic carbocycles. The van der Waals surface area contributed by atoms with Gasteiger partial charge in [-0.25, -0.2) is 0 Å². The normalized spacial score (nSPS) is 13.2. The van der Waals surface area contributed by atoms with Crippen LogP contribution in [-0.2, 0) is 9.53 Å². The molecule has 2 aromatic carbocycles. The van der Waals surface area contributed by atoms with E-state index in [-0.39, 0.29) is 19.0 Å². The summed E-state index contributed by atoms with van der Waals surface area (Å²) in [5.41, 5.74) is 1.23. The van der Waals surface area contributed by atoms with Gasteiger partial charge in [-0.15, -0.1) is 0 Å². The molecule has 7 nitrogen and oxygen atoms in total. The standard InChI is InChI=1S/C19H20O7/c1-22-11-4-5-12(16(6-11)23-2)13(8-19(21)24-3)14-7-17-18(9-15(14)20)26-10-25-17/h4-7,9,13,20H,8,10H2,1-3H3/t13-/m1/s1. The van der Waals surface area contributed by atoms with E-state index in [1.807, 2.05) is 0 Å². The maximum absolute atomic E-state index is 12.0. The third-order valence-corrected chi connectivity index (χ3v) is 4.31. The number of benzene rings is 2. The second-order valence-corrected chi connectivity index (χ2v) is 5.71. The fourth-order valence-electron chi connectivity index (χ4n) is 2.97. The Morgan fingerprint density at radius 1 is 1.08 bits per heavy atom. The van der Waals surface area contributed by atoms with Crippen LogP contribution < -0.4 is 18.9 Å². The van der Waals surface area contributed by atoms with Gasteiger partial charge in [0.2, 0.25) is 6.79 Å². The van der Waals surface area contributed by atoms with Crippen LogP contribution in [0.4, 0.5) is 0 Å². The lowest BCUT2D eigenvalue weighted by Gasteiger charge is -2.21. The van der Waals surface area contributed by atoms with E-state index in [4.69, 9.17) is 23.7 Å². The number of rotatable bonds is 6. The van der Waals surface area contributed by atoms with Crippen LogP contribution >= 0.6 is 0 Å². The first-order valence-electron chi connectivity index (χ1n) is 7.98. The molecule has 0 saturated carbocycles. The van der Waals surface area contributed by atoms with Crippen LogP contribution in [0.1, 0.15) is 23.5 Å². The van der Waals surface area contributed by atoms with Gasteiger partial charge in [0, 0.05) is 29.2 Å². The van der Waals surface area contributed by atoms with E-state index in [2.05, 4.69) is 0 Å². The van der Waals surface area contributed by atoms with Gasteiger partial charge in [0.1, 0.15) is 17.2 Å². The molecule has 0 bridgehead atoms. The van der Waals surface area contributed by atoms with Gasteiger partial charge < -0.3 is 28.8 Å². The topological polar surface area (TPSA) is 83.5 Å². The summed E-state index contributed by atoms with van der Waals surface area (Å²) in [6.07, 6.45) is 0.0202. The van der Waals surface area contributed by atoms with E-state index in [1.165, 1.54) is 20.3 Å². The Bertz CT molecular complexity index is 816. The molecule has 3 rings (SSSR count). The molecule has 0 spiro atoms. The fourth-order valence-corrected chi connectivity index (χ4v) is 2.97. The van der Waals surface area contributed by atoms with Gasteiger partial charge in [-0.05, 0) is 12.1 Å². The lowest BCUT2D eigenvalue weighted by molar-refractivity contribution is -0.140. The highest BCUT2D eigenvalue weighted by atomic mass is 16.7. The number of ether oxygens (including phenoxy) is 5. The Morgan fingerprint density at radius 2 is 1.81 bits per heavy atom. The number of hydrogen-bond donors (Lipinski definition) is 1. The SMILES string of the molecule is COC(=O)C[C@@H](c1cc2c(cc1O)OCO2)c1ccc(OC)cc1OC. The Labute approximate surface area is 151 Å². The Balaban J connectivity index is 2.11. The molecular weight excluding hydrogens is 340 g/mol. The fraction of sp³-hybridized carbons (Fsp3) is 0.316. The van der Waals surface area contributed by atoms with Crippen molar-refractivity contribution in [1.82, 2.24) is 0 Å². The predicted octanol–water partition coefficient (Wildman–Crippen LogP) is 2.83. The van der Waals surface area contributed by atoms with Crippen LogP contribution in [0.25, 0.3) is 0 Å². The van der Waals surface area contributed by atoms with E-state index < -0.39 is 11.9 Å². The molecule has 1 atom stereocenters. The van der Waals surface area contributed by atoms with Gasteiger partial charge in [-0.3, -0.25) is 4.79 Å². The highest BCUT2D eigenvalue weighted by molar-refractivity contribution is 5.72. The lowest BCUT2D eigenvalue weighted by atomic mass is 9.87. The molecule has 0 fully saturated rings. The van der Waals surface area contributed by atoms with Crippen molar-refractivity contribution >= 4 is 5.97 Å². The number of phenols is 1. The molecule has 0 radical (unpaired) electrons. The van der Waals surface area contributed by atoms with Crippen molar-refractivity contribution in [2.45, 2.75) is 12.3 Å². The maximum Gasteiger partial charge on any atom is 0.306 e. The molecule has 0 amide bonds. The van der Waals surface area contributed by atoms with Crippen LogP contribution in [-0.4, -0.2) is 39.2 Å². The van der Waals surface area contributed by atoms with E-state index in [0.717, 1.165) is 0 Å². The van der Waals surface area contributed by atoms with Gasteiger partial charge in [-0.1, -0.05) is 6.07 Å². The van der Waals surface area contributed by atoms with Crippen molar-refractivity contribution in [3.05, 3.63) is 41.5 Å². The molecular formula is C19H20O7. The van der Waals surface area contributed by atoms with Gasteiger partial charge in [-0.2, -0.15) is 0 Å². The summed E-state index contributed by atoms with van der Waals surface area (Å²) in [7, 11) is 4.42. The second kappa shape index (κ2) is 7.43. The first kappa shape index (κ1) is 17.7. The van der Waals surface area contributed by atoms with E-state index in [9.17, 15) is 9.90 Å². The van der Waals surface area contributed by atoms with Crippen molar-refractivity contribution in [2.24, 2.45) is 0 Å². The van der Waals surface area contributed by atoms with Gasteiger partial charge in [0.15, 0.2) is 11.5 Å². The number of aromatic hydroxyl groups is 1. The minimum atomic E-state index is -0.502. The van der Waals surface area contributed by atoms with Crippen LogP contribution in [0.15, 0.2) is 30.3 Å². The highest BCUT2D eigenvalue weighted by Crippen LogP contribution is 2.45. The lowest BCUT2D eigenvalue weighted by Crippen LogP contribution is -2.11. The third-order valence-electron chi connectivity index (χ3n) is 4.31. The van der Waals surface area contributed by atoms with Crippen LogP contribution in [0, 0.1) is 0 Å². The van der Waals surface area contributed by atoms with Gasteiger partial charge in [0.05, 0.1) is 27.8 Å². The number of phenolic OH excluding ortho intramolecular Hbond substituents is 1. The largest absolute Gasteiger partial charge is 0.508 e. The summed E-state index contributed by atoms with van der Waals surface area (Å²) >= 11 is 0. The molecule has 26 heavy (non-hydrogen) atoms. The zero-order valence-electron chi connectivity index (χ0n) is 14.8. The molecule has 1 heterocycles. The average Bonchev–Trinajstić information content (AvgIpc) is 3.12. The first-order chi connectivity index (χ1) is 12.6. The van der Waals surface area contributed by atoms with Crippen LogP contribution in [0.3, 0.4) is 0 Å². The van der Waals surface area contributed by atoms with E-state index >= 15 is 0 Å². The number of carbonyl (C=O) groups is 1. The molecule has 0 saturated heterocycles. The number of hydrogen-bond acceptors (Lipinski definition) is 7. The maximum atomic E-state index is 12.0. The quantitative estimate of drug-likeness (QED) is 0.793. The summed E-state index contributed by atoms with van der Waals surface area (Å²) in [6, 6.07) is 8.46. The minimum absolute atomic E-state index is 0.000948. The average molecular weight is 360 g/mol. The monoisotopic (exact) mass is 360 g/mol. The van der Waals surface area contributed by atoms with E-state index in [0.29, 0.717) is 34.1 Å². The predicted molar refractivity (Wildman–Crippen MR) is 92.3 cm³/mol. The van der Waals surface area contributed by atoms with Gasteiger partial charge >= 0.3 is 5.97 Å². The molecule has 7 heteroatoms. The van der Waals surface area contributed by atoms with Crippen molar-refractivity contribution in [3.8, 4) is 28.7 Å². The number of methoxy groups -OCH3 is 3. The Hall–Kier alpha value is -3.09. The minimum Gasteiger partial charge on any atom is -0.508 e. The smallest absolute Gasteiger partial charge is 0.306 e. The molecule has 0 unspecified atom stereocenters. The molecule has 1 aliphatic heterocycles. The molecule has 138 valence electrons. The Kier molecular flexibility index (Phi) is 5.06. The van der Waals surface area contributed by atoms with E-state index in [1.54, 1.807) is 31.4 Å². The first-order valence-corrected chi connectivity index (χ1v) is 7.98. The zero-order valence-corrected chi connectivity index (χ0v) is 14.8. The number of esters is 1. The molecule has 2 aromatic rings. The molecule has 1 N–H and O–H groups in total. The van der Waals surface area contributed by atoms with Crippen molar-refractivity contribution in [3.63, 3.8) is 0 Å². The summed E-state index contributed by atoms with van der Waals surface area (Å²) in [5, 5.41) is 10.5. The van der Waals surface area contributed by atoms with Gasteiger partial charge in [0.25, 0.3) is 0 Å². The molecule has 0 aromatic heterocycles. The second-order valence-electron chi connectivity index (χ2n) is 5.71. The van der Waals surface area contributed by atoms with Crippen molar-refractivity contribution < 1.29 is 33.6 Å². The summed E-state index contributed by atoms with van der Waals surface area (Å²) in [5.74, 6) is 1.22. The van der Waals surface area contributed by atoms with Crippen molar-refractivity contribution in [2.75, 3.05) is 28.1 Å². The summed E-state index contributed by atoms with van der Waals surface area (Å²) in [6.45, 7) is 0.0890. The third kappa shape index (κ3) is 3.33. The Morgan fingerprint density at radius 3 is 2.46 bits per heavy atom. The zero-order chi connectivity index (χ0) is 18.7. The highest BCUT2D eigenvalue weighted by Gasteiger charge is 2.28. The molecule has 1 aliphatic rings. The van der Waals surface area contributed by atoms with Crippen LogP contribution in [0.2, 0.25) is 0 Å². The number of carbonyl (C=O) groups excluding carboxylic acids is 1. The summed E-state index contributed by atoms with van der Waals surface area (Å²) in [4.78, 5) is 12.0. The number of fused-ring (bicyclic) bond motifs is 1. The van der Waals surface area contributed by atoms with Crippen LogP contribution in [0.5, 0.6) is 28.7 Å².